The lowest BCUT2D eigenvalue weighted by atomic mass is 10.0. The van der Waals surface area contributed by atoms with E-state index in [1.54, 1.807) is 44.2 Å². The van der Waals surface area contributed by atoms with Crippen LogP contribution in [-0.4, -0.2) is 63.3 Å². The van der Waals surface area contributed by atoms with Gasteiger partial charge in [0.05, 0.1) is 38.4 Å². The molecule has 0 N–H and O–H groups in total. The maximum absolute atomic E-state index is 13.4. The van der Waals surface area contributed by atoms with Gasteiger partial charge in [0.15, 0.2) is 17.3 Å². The Morgan fingerprint density at radius 3 is 2.58 bits per heavy atom. The average molecular weight is 619 g/mol. The standard InChI is InChI=1S/C32H38N6O7/c1-6-9-10-30-33-18-23(14-22(32(39)42-8-3)13-21-15-28-29(45-20-44-28)17-26(21)41-5)38(30)25-12-11-24(40-4)16-27(25)43-19-31-34-35-36-37(31)7-2/h11-12,14-18H,6-10,13,19-20H2,1-5H3. The maximum Gasteiger partial charge on any atom is 0.334 e. The highest BCUT2D eigenvalue weighted by atomic mass is 16.7. The van der Waals surface area contributed by atoms with E-state index in [4.69, 9.17) is 33.4 Å². The van der Waals surface area contributed by atoms with E-state index in [9.17, 15) is 4.79 Å². The molecule has 0 saturated heterocycles. The highest BCUT2D eigenvalue weighted by Crippen LogP contribution is 2.39. The summed E-state index contributed by atoms with van der Waals surface area (Å²) in [5.41, 5.74) is 2.57. The highest BCUT2D eigenvalue weighted by molar-refractivity contribution is 5.94. The van der Waals surface area contributed by atoms with E-state index in [0.717, 1.165) is 29.9 Å². The van der Waals surface area contributed by atoms with Crippen molar-refractivity contribution in [3.63, 3.8) is 0 Å². The van der Waals surface area contributed by atoms with E-state index < -0.39 is 5.97 Å². The van der Waals surface area contributed by atoms with Crippen molar-refractivity contribution >= 4 is 12.0 Å². The van der Waals surface area contributed by atoms with Crippen LogP contribution in [-0.2, 0) is 35.5 Å². The van der Waals surface area contributed by atoms with Gasteiger partial charge >= 0.3 is 5.97 Å². The van der Waals surface area contributed by atoms with Gasteiger partial charge in [-0.2, -0.15) is 0 Å². The van der Waals surface area contributed by atoms with E-state index in [-0.39, 0.29) is 26.4 Å². The molecule has 0 bridgehead atoms. The zero-order valence-electron chi connectivity index (χ0n) is 26.2. The number of carbonyl (C=O) groups is 1. The summed E-state index contributed by atoms with van der Waals surface area (Å²) in [6, 6.07) is 9.19. The minimum absolute atomic E-state index is 0.127. The van der Waals surface area contributed by atoms with Gasteiger partial charge in [-0.3, -0.25) is 4.57 Å². The van der Waals surface area contributed by atoms with E-state index in [0.29, 0.717) is 58.8 Å². The number of fused-ring (bicyclic) bond motifs is 1. The Balaban J connectivity index is 1.60. The molecule has 13 nitrogen and oxygen atoms in total. The number of ether oxygens (including phenoxy) is 6. The van der Waals surface area contributed by atoms with E-state index in [1.807, 2.05) is 35.8 Å². The van der Waals surface area contributed by atoms with Crippen LogP contribution in [0.1, 0.15) is 56.5 Å². The summed E-state index contributed by atoms with van der Waals surface area (Å²) in [5, 5.41) is 11.9. The predicted octanol–water partition coefficient (Wildman–Crippen LogP) is 4.74. The molecule has 0 radical (unpaired) electrons. The molecule has 0 saturated carbocycles. The summed E-state index contributed by atoms with van der Waals surface area (Å²) in [5.74, 6) is 3.89. The molecule has 4 aromatic rings. The highest BCUT2D eigenvalue weighted by Gasteiger charge is 2.23. The van der Waals surface area contributed by atoms with E-state index >= 15 is 0 Å². The second kappa shape index (κ2) is 14.6. The van der Waals surface area contributed by atoms with Crippen LogP contribution >= 0.6 is 0 Å². The molecule has 1 aliphatic rings. The van der Waals surface area contributed by atoms with Crippen LogP contribution in [0, 0.1) is 0 Å². The molecule has 0 aliphatic carbocycles. The largest absolute Gasteiger partial charge is 0.497 e. The van der Waals surface area contributed by atoms with Crippen LogP contribution in [0.3, 0.4) is 0 Å². The van der Waals surface area contributed by atoms with Crippen LogP contribution in [0.15, 0.2) is 42.1 Å². The number of hydrogen-bond acceptors (Lipinski definition) is 11. The Morgan fingerprint density at radius 1 is 1.02 bits per heavy atom. The molecule has 0 spiro atoms. The zero-order valence-corrected chi connectivity index (χ0v) is 26.2. The number of methoxy groups -OCH3 is 2. The molecule has 45 heavy (non-hydrogen) atoms. The molecular formula is C32H38N6O7. The fraction of sp³-hybridized carbons (Fsp3) is 0.406. The molecule has 5 rings (SSSR count). The quantitative estimate of drug-likeness (QED) is 0.135. The number of aromatic nitrogens is 6. The van der Waals surface area contributed by atoms with Gasteiger partial charge in [0.1, 0.15) is 29.7 Å². The summed E-state index contributed by atoms with van der Waals surface area (Å²) in [7, 11) is 3.18. The van der Waals surface area contributed by atoms with Gasteiger partial charge in [-0.15, -0.1) is 5.10 Å². The van der Waals surface area contributed by atoms with Gasteiger partial charge in [0, 0.05) is 42.7 Å². The smallest absolute Gasteiger partial charge is 0.334 e. The normalized spacial score (nSPS) is 12.3. The van der Waals surface area contributed by atoms with Crippen molar-refractivity contribution in [1.82, 2.24) is 29.8 Å². The van der Waals surface area contributed by atoms with Crippen molar-refractivity contribution in [2.45, 2.75) is 59.6 Å². The molecule has 238 valence electrons. The van der Waals surface area contributed by atoms with E-state index in [2.05, 4.69) is 22.4 Å². The Hall–Kier alpha value is -5.07. The van der Waals surface area contributed by atoms with Gasteiger partial charge in [-0.05, 0) is 55.0 Å². The number of tetrazole rings is 1. The monoisotopic (exact) mass is 618 g/mol. The maximum atomic E-state index is 13.4. The second-order valence-electron chi connectivity index (χ2n) is 10.2. The van der Waals surface area contributed by atoms with Gasteiger partial charge in [-0.25, -0.2) is 14.5 Å². The number of imidazole rings is 1. The third kappa shape index (κ3) is 7.03. The number of hydrogen-bond donors (Lipinski definition) is 0. The molecule has 3 heterocycles. The van der Waals surface area contributed by atoms with Crippen molar-refractivity contribution < 1.29 is 33.2 Å². The average Bonchev–Trinajstić information content (AvgIpc) is 3.81. The Morgan fingerprint density at radius 2 is 1.84 bits per heavy atom. The second-order valence-corrected chi connectivity index (χ2v) is 10.2. The van der Waals surface area contributed by atoms with Gasteiger partial charge < -0.3 is 28.4 Å². The number of aryl methyl sites for hydroxylation is 2. The fourth-order valence-electron chi connectivity index (χ4n) is 5.02. The number of unbranched alkanes of at least 4 members (excludes halogenated alkanes) is 1. The summed E-state index contributed by atoms with van der Waals surface area (Å²) < 4.78 is 37.8. The number of carbonyl (C=O) groups excluding carboxylic acids is 1. The van der Waals surface area contributed by atoms with Crippen molar-refractivity contribution in [2.75, 3.05) is 27.6 Å². The Labute approximate surface area is 261 Å². The lowest BCUT2D eigenvalue weighted by Gasteiger charge is -2.17. The molecular weight excluding hydrogens is 580 g/mol. The van der Waals surface area contributed by atoms with Crippen LogP contribution in [0.5, 0.6) is 28.7 Å². The molecule has 13 heteroatoms. The van der Waals surface area contributed by atoms with Gasteiger partial charge in [0.25, 0.3) is 0 Å². The number of nitrogens with zero attached hydrogens (tertiary/aromatic N) is 6. The summed E-state index contributed by atoms with van der Waals surface area (Å²) in [4.78, 5) is 18.2. The van der Waals surface area contributed by atoms with Crippen LogP contribution in [0.4, 0.5) is 0 Å². The van der Waals surface area contributed by atoms with Crippen molar-refractivity contribution in [3.8, 4) is 34.4 Å². The first kappa shape index (κ1) is 31.4. The number of rotatable bonds is 15. The summed E-state index contributed by atoms with van der Waals surface area (Å²) >= 11 is 0. The lowest BCUT2D eigenvalue weighted by Crippen LogP contribution is -2.12. The minimum Gasteiger partial charge on any atom is -0.497 e. The minimum atomic E-state index is -0.447. The first-order chi connectivity index (χ1) is 22.0. The first-order valence-electron chi connectivity index (χ1n) is 15.0. The van der Waals surface area contributed by atoms with Crippen LogP contribution in [0.25, 0.3) is 11.8 Å². The Bertz CT molecular complexity index is 1660. The Kier molecular flexibility index (Phi) is 10.2. The van der Waals surface area contributed by atoms with Crippen molar-refractivity contribution in [2.24, 2.45) is 0 Å². The predicted molar refractivity (Wildman–Crippen MR) is 164 cm³/mol. The topological polar surface area (TPSA) is 134 Å². The van der Waals surface area contributed by atoms with Gasteiger partial charge in [-0.1, -0.05) is 13.3 Å². The third-order valence-corrected chi connectivity index (χ3v) is 7.30. The first-order valence-corrected chi connectivity index (χ1v) is 15.0. The molecule has 1 aliphatic heterocycles. The number of esters is 1. The van der Waals surface area contributed by atoms with Crippen molar-refractivity contribution in [1.29, 1.82) is 0 Å². The lowest BCUT2D eigenvalue weighted by molar-refractivity contribution is -0.138. The molecule has 0 amide bonds. The molecule has 0 atom stereocenters. The zero-order chi connectivity index (χ0) is 31.8. The summed E-state index contributed by atoms with van der Waals surface area (Å²) in [6.07, 6.45) is 6.41. The molecule has 2 aromatic heterocycles. The van der Waals surface area contributed by atoms with Gasteiger partial charge in [0.2, 0.25) is 6.79 Å². The number of benzene rings is 2. The molecule has 0 fully saturated rings. The summed E-state index contributed by atoms with van der Waals surface area (Å²) in [6.45, 7) is 6.97. The van der Waals surface area contributed by atoms with E-state index in [1.165, 1.54) is 0 Å². The molecule has 2 aromatic carbocycles. The van der Waals surface area contributed by atoms with Crippen LogP contribution < -0.4 is 23.7 Å². The van der Waals surface area contributed by atoms with Crippen LogP contribution in [0.2, 0.25) is 0 Å². The SMILES string of the molecule is CCCCc1ncc(C=C(Cc2cc3c(cc2OC)OCO3)C(=O)OCC)n1-c1ccc(OC)cc1OCc1nnnn1CC. The molecule has 0 unspecified atom stereocenters. The third-order valence-electron chi connectivity index (χ3n) is 7.30. The van der Waals surface area contributed by atoms with Crippen molar-refractivity contribution in [3.05, 3.63) is 65.0 Å². The fourth-order valence-corrected chi connectivity index (χ4v) is 5.02.